The van der Waals surface area contributed by atoms with Gasteiger partial charge in [0.1, 0.15) is 0 Å². The van der Waals surface area contributed by atoms with Gasteiger partial charge < -0.3 is 0 Å². The van der Waals surface area contributed by atoms with Crippen LogP contribution in [0, 0.1) is 0 Å². The second kappa shape index (κ2) is 5.83. The Kier molecular flexibility index (Phi) is 4.72. The topological polar surface area (TPSA) is 66.7 Å². The van der Waals surface area contributed by atoms with Gasteiger partial charge in [0.2, 0.25) is 0 Å². The lowest BCUT2D eigenvalue weighted by atomic mass is 10.2. The predicted octanol–water partition coefficient (Wildman–Crippen LogP) is 2.30. The van der Waals surface area contributed by atoms with Crippen molar-refractivity contribution < 1.29 is 13.0 Å². The van der Waals surface area contributed by atoms with Crippen LogP contribution in [0.25, 0.3) is 6.08 Å². The van der Waals surface area contributed by atoms with Crippen LogP contribution in [0.3, 0.4) is 0 Å². The summed E-state index contributed by atoms with van der Waals surface area (Å²) in [5.74, 6) is 0. The fourth-order valence-electron chi connectivity index (χ4n) is 0.970. The third-order valence-electron chi connectivity index (χ3n) is 1.49. The SMILES string of the molecule is C1=Cc2ccccc2SN=C1.CS(=O)(=O)O. The Morgan fingerprint density at radius 3 is 2.62 bits per heavy atom. The molecule has 86 valence electrons. The lowest BCUT2D eigenvalue weighted by Gasteiger charge is -1.97. The zero-order valence-corrected chi connectivity index (χ0v) is 10.2. The first-order chi connectivity index (χ1) is 7.47. The van der Waals surface area contributed by atoms with E-state index < -0.39 is 10.1 Å². The Morgan fingerprint density at radius 2 is 1.94 bits per heavy atom. The minimum atomic E-state index is -3.67. The highest BCUT2D eigenvalue weighted by Gasteiger charge is 1.98. The van der Waals surface area contributed by atoms with E-state index in [1.165, 1.54) is 22.4 Å². The molecule has 6 heteroatoms. The Hall–Kier alpha value is -1.11. The molecule has 0 radical (unpaired) electrons. The number of nitrogens with zero attached hydrogens (tertiary/aromatic N) is 1. The summed E-state index contributed by atoms with van der Waals surface area (Å²) in [5.41, 5.74) is 1.25. The molecule has 0 spiro atoms. The molecule has 4 nitrogen and oxygen atoms in total. The zero-order valence-electron chi connectivity index (χ0n) is 8.57. The van der Waals surface area contributed by atoms with Crippen LogP contribution >= 0.6 is 11.9 Å². The molecule has 1 heterocycles. The predicted molar refractivity (Wildman–Crippen MR) is 67.3 cm³/mol. The van der Waals surface area contributed by atoms with Gasteiger partial charge in [0.25, 0.3) is 10.1 Å². The van der Waals surface area contributed by atoms with Crippen LogP contribution in [0.5, 0.6) is 0 Å². The molecule has 1 N–H and O–H groups in total. The molecule has 0 saturated carbocycles. The van der Waals surface area contributed by atoms with Crippen LogP contribution < -0.4 is 0 Å². The molecule has 2 rings (SSSR count). The third kappa shape index (κ3) is 5.69. The van der Waals surface area contributed by atoms with Crippen LogP contribution in [-0.4, -0.2) is 25.4 Å². The van der Waals surface area contributed by atoms with Crippen molar-refractivity contribution in [3.63, 3.8) is 0 Å². The van der Waals surface area contributed by atoms with E-state index >= 15 is 0 Å². The fraction of sp³-hybridized carbons (Fsp3) is 0.100. The van der Waals surface area contributed by atoms with Gasteiger partial charge >= 0.3 is 0 Å². The fourth-order valence-corrected chi connectivity index (χ4v) is 1.60. The molecule has 0 amide bonds. The Morgan fingerprint density at radius 1 is 1.31 bits per heavy atom. The van der Waals surface area contributed by atoms with E-state index in [1.807, 2.05) is 24.4 Å². The highest BCUT2D eigenvalue weighted by Crippen LogP contribution is 2.25. The molecule has 0 bridgehead atoms. The van der Waals surface area contributed by atoms with Crippen LogP contribution in [0.15, 0.2) is 39.6 Å². The van der Waals surface area contributed by atoms with Crippen LogP contribution in [0.4, 0.5) is 0 Å². The molecule has 0 aliphatic carbocycles. The van der Waals surface area contributed by atoms with E-state index in [0.717, 1.165) is 0 Å². The summed E-state index contributed by atoms with van der Waals surface area (Å²) in [7, 11) is -3.67. The first kappa shape index (κ1) is 13.0. The minimum Gasteiger partial charge on any atom is -0.286 e. The van der Waals surface area contributed by atoms with Crippen LogP contribution in [-0.2, 0) is 10.1 Å². The first-order valence-corrected chi connectivity index (χ1v) is 6.97. The lowest BCUT2D eigenvalue weighted by Crippen LogP contribution is -1.88. The van der Waals surface area contributed by atoms with Gasteiger partial charge in [0.05, 0.1) is 6.26 Å². The summed E-state index contributed by atoms with van der Waals surface area (Å²) in [6.07, 6.45) is 6.55. The van der Waals surface area contributed by atoms with Crippen molar-refractivity contribution >= 4 is 34.4 Å². The summed E-state index contributed by atoms with van der Waals surface area (Å²) in [5, 5.41) is 0. The molecule has 1 aromatic rings. The summed E-state index contributed by atoms with van der Waals surface area (Å²) < 4.78 is 30.0. The van der Waals surface area contributed by atoms with Gasteiger partial charge in [-0.15, -0.1) is 0 Å². The number of hydrogen-bond donors (Lipinski definition) is 1. The molecular formula is C10H11NO3S2. The van der Waals surface area contributed by atoms with Crippen molar-refractivity contribution in [2.24, 2.45) is 4.40 Å². The van der Waals surface area contributed by atoms with Gasteiger partial charge in [-0.25, -0.2) is 4.40 Å². The molecular weight excluding hydrogens is 246 g/mol. The van der Waals surface area contributed by atoms with Gasteiger partial charge in [-0.1, -0.05) is 24.3 Å². The minimum absolute atomic E-state index is 0.715. The highest BCUT2D eigenvalue weighted by atomic mass is 32.2. The molecule has 0 fully saturated rings. The number of allylic oxidation sites excluding steroid dienone is 1. The number of benzene rings is 1. The van der Waals surface area contributed by atoms with E-state index in [9.17, 15) is 8.42 Å². The summed E-state index contributed by atoms with van der Waals surface area (Å²) >= 11 is 1.52. The van der Waals surface area contributed by atoms with Crippen molar-refractivity contribution in [2.75, 3.05) is 6.26 Å². The van der Waals surface area contributed by atoms with E-state index in [1.54, 1.807) is 0 Å². The lowest BCUT2D eigenvalue weighted by molar-refractivity contribution is 0.490. The standard InChI is InChI=1S/C9H7NS.CH4O3S/c1-2-6-9-8(4-1)5-3-7-10-11-9;1-5(2,3)4/h1-7H;1H3,(H,2,3,4). The Labute approximate surface area is 99.0 Å². The normalized spacial score (nSPS) is 13.4. The highest BCUT2D eigenvalue weighted by molar-refractivity contribution is 7.98. The zero-order chi connectivity index (χ0) is 12.0. The molecule has 16 heavy (non-hydrogen) atoms. The maximum absolute atomic E-state index is 9.19. The van der Waals surface area contributed by atoms with E-state index in [4.69, 9.17) is 4.55 Å². The average molecular weight is 257 g/mol. The molecule has 1 aromatic carbocycles. The van der Waals surface area contributed by atoms with E-state index in [0.29, 0.717) is 6.26 Å². The Bertz CT molecular complexity index is 499. The van der Waals surface area contributed by atoms with Gasteiger partial charge in [-0.05, 0) is 17.7 Å². The van der Waals surface area contributed by atoms with Crippen LogP contribution in [0.1, 0.15) is 5.56 Å². The Balaban J connectivity index is 0.000000221. The van der Waals surface area contributed by atoms with Gasteiger partial charge in [-0.3, -0.25) is 4.55 Å². The van der Waals surface area contributed by atoms with Crippen molar-refractivity contribution in [1.29, 1.82) is 0 Å². The summed E-state index contributed by atoms with van der Waals surface area (Å²) in [4.78, 5) is 1.22. The largest absolute Gasteiger partial charge is 0.286 e. The molecule has 1 aliphatic heterocycles. The first-order valence-electron chi connectivity index (χ1n) is 4.35. The number of fused-ring (bicyclic) bond motifs is 1. The van der Waals surface area contributed by atoms with Crippen molar-refractivity contribution in [2.45, 2.75) is 4.90 Å². The molecule has 0 unspecified atom stereocenters. The molecule has 0 atom stereocenters. The van der Waals surface area contributed by atoms with Crippen molar-refractivity contribution in [1.82, 2.24) is 0 Å². The second-order valence-electron chi connectivity index (χ2n) is 2.98. The van der Waals surface area contributed by atoms with E-state index in [-0.39, 0.29) is 0 Å². The number of hydrogen-bond acceptors (Lipinski definition) is 4. The van der Waals surface area contributed by atoms with E-state index in [2.05, 4.69) is 22.6 Å². The van der Waals surface area contributed by atoms with Crippen LogP contribution in [0.2, 0.25) is 0 Å². The van der Waals surface area contributed by atoms with Gasteiger partial charge in [0.15, 0.2) is 0 Å². The monoisotopic (exact) mass is 257 g/mol. The van der Waals surface area contributed by atoms with Gasteiger partial charge in [0, 0.05) is 23.1 Å². The third-order valence-corrected chi connectivity index (χ3v) is 2.29. The van der Waals surface area contributed by atoms with Crippen molar-refractivity contribution in [3.8, 4) is 0 Å². The quantitative estimate of drug-likeness (QED) is 0.572. The molecule has 1 aliphatic rings. The summed E-state index contributed by atoms with van der Waals surface area (Å²) in [6, 6.07) is 8.23. The summed E-state index contributed by atoms with van der Waals surface area (Å²) in [6.45, 7) is 0. The number of rotatable bonds is 0. The molecule has 0 saturated heterocycles. The smallest absolute Gasteiger partial charge is 0.261 e. The van der Waals surface area contributed by atoms with Crippen molar-refractivity contribution in [3.05, 3.63) is 35.9 Å². The maximum Gasteiger partial charge on any atom is 0.261 e. The second-order valence-corrected chi connectivity index (χ2v) is 5.27. The maximum atomic E-state index is 9.19. The average Bonchev–Trinajstić information content (AvgIpc) is 2.39. The van der Waals surface area contributed by atoms with Gasteiger partial charge in [-0.2, -0.15) is 8.42 Å². The molecule has 0 aromatic heterocycles.